The lowest BCUT2D eigenvalue weighted by molar-refractivity contribution is 0.0787. The van der Waals surface area contributed by atoms with E-state index >= 15 is 0 Å². The van der Waals surface area contributed by atoms with Gasteiger partial charge in [0.2, 0.25) is 0 Å². The van der Waals surface area contributed by atoms with E-state index in [-0.39, 0.29) is 5.91 Å². The van der Waals surface area contributed by atoms with Crippen LogP contribution in [0, 0.1) is 6.92 Å². The van der Waals surface area contributed by atoms with Crippen molar-refractivity contribution in [2.75, 3.05) is 13.1 Å². The number of nitrogens with zero attached hydrogens (tertiary/aromatic N) is 5. The lowest BCUT2D eigenvalue weighted by Crippen LogP contribution is -2.27. The van der Waals surface area contributed by atoms with Crippen LogP contribution >= 0.6 is 34.7 Å². The molecule has 0 atom stereocenters. The van der Waals surface area contributed by atoms with Gasteiger partial charge in [0.05, 0.1) is 11.4 Å². The van der Waals surface area contributed by atoms with Gasteiger partial charge in [0.1, 0.15) is 16.5 Å². The second kappa shape index (κ2) is 8.00. The molecule has 1 amide bonds. The smallest absolute Gasteiger partial charge is 0.273 e. The molecule has 6 nitrogen and oxygen atoms in total. The summed E-state index contributed by atoms with van der Waals surface area (Å²) in [6, 6.07) is 7.61. The van der Waals surface area contributed by atoms with Gasteiger partial charge >= 0.3 is 0 Å². The van der Waals surface area contributed by atoms with Gasteiger partial charge in [-0.15, -0.1) is 21.5 Å². The second-order valence-electron chi connectivity index (χ2n) is 6.26. The molecule has 4 rings (SSSR count). The molecular weight excluding hydrogens is 402 g/mol. The molecule has 0 aliphatic carbocycles. The van der Waals surface area contributed by atoms with Crippen LogP contribution in [0.1, 0.15) is 34.2 Å². The van der Waals surface area contributed by atoms with E-state index in [2.05, 4.69) is 15.2 Å². The number of likely N-dealkylation sites (tertiary alicyclic amines) is 1. The first kappa shape index (κ1) is 18.5. The second-order valence-corrected chi connectivity index (χ2v) is 8.58. The van der Waals surface area contributed by atoms with E-state index < -0.39 is 0 Å². The normalized spacial score (nSPS) is 14.1. The Morgan fingerprint density at radius 2 is 2.11 bits per heavy atom. The van der Waals surface area contributed by atoms with Crippen LogP contribution in [0.25, 0.3) is 5.69 Å². The minimum Gasteiger partial charge on any atom is -0.337 e. The molecule has 1 aliphatic heterocycles. The van der Waals surface area contributed by atoms with Gasteiger partial charge in [-0.1, -0.05) is 29.4 Å². The molecule has 0 unspecified atom stereocenters. The van der Waals surface area contributed by atoms with Crippen LogP contribution in [0.5, 0.6) is 0 Å². The zero-order valence-electron chi connectivity index (χ0n) is 14.8. The Morgan fingerprint density at radius 1 is 1.30 bits per heavy atom. The topological polar surface area (TPSA) is 63.9 Å². The number of halogens is 1. The fourth-order valence-corrected chi connectivity index (χ4v) is 5.00. The lowest BCUT2D eigenvalue weighted by atomic mass is 10.3. The number of hydrogen-bond acceptors (Lipinski definition) is 6. The first-order valence-corrected chi connectivity index (χ1v) is 10.9. The minimum absolute atomic E-state index is 0.0398. The van der Waals surface area contributed by atoms with Gasteiger partial charge < -0.3 is 4.90 Å². The quantitative estimate of drug-likeness (QED) is 0.579. The van der Waals surface area contributed by atoms with Crippen molar-refractivity contribution in [3.05, 3.63) is 51.2 Å². The predicted molar refractivity (Wildman–Crippen MR) is 108 cm³/mol. The minimum atomic E-state index is 0.0398. The van der Waals surface area contributed by atoms with E-state index in [4.69, 9.17) is 11.6 Å². The Labute approximate surface area is 170 Å². The van der Waals surface area contributed by atoms with Gasteiger partial charge in [0, 0.05) is 23.5 Å². The molecular formula is C18H18ClN5OS2. The molecule has 1 aromatic carbocycles. The summed E-state index contributed by atoms with van der Waals surface area (Å²) in [5.41, 5.74) is 1.47. The third kappa shape index (κ3) is 4.02. The first-order valence-electron chi connectivity index (χ1n) is 8.66. The summed E-state index contributed by atoms with van der Waals surface area (Å²) < 4.78 is 1.97. The van der Waals surface area contributed by atoms with E-state index in [0.717, 1.165) is 47.6 Å². The van der Waals surface area contributed by atoms with Crippen LogP contribution in [0.3, 0.4) is 0 Å². The summed E-state index contributed by atoms with van der Waals surface area (Å²) in [6.07, 6.45) is 2.16. The fourth-order valence-electron chi connectivity index (χ4n) is 3.03. The molecule has 9 heteroatoms. The van der Waals surface area contributed by atoms with E-state index in [9.17, 15) is 4.79 Å². The Bertz CT molecular complexity index is 964. The maximum Gasteiger partial charge on any atom is 0.273 e. The molecule has 0 spiro atoms. The van der Waals surface area contributed by atoms with Crippen LogP contribution in [-0.2, 0) is 5.75 Å². The standard InChI is InChI=1S/C18H18ClN5OS2/c1-12-21-22-18(24(12)14-6-4-5-13(19)9-14)27-11-16-20-15(10-26-16)17(25)23-7-2-3-8-23/h4-6,9-10H,2-3,7-8,11H2,1H3. The summed E-state index contributed by atoms with van der Waals surface area (Å²) in [5, 5.41) is 12.7. The number of rotatable bonds is 5. The maximum absolute atomic E-state index is 12.4. The van der Waals surface area contributed by atoms with Crippen molar-refractivity contribution in [1.82, 2.24) is 24.6 Å². The molecule has 140 valence electrons. The number of hydrogen-bond donors (Lipinski definition) is 0. The van der Waals surface area contributed by atoms with E-state index in [1.807, 2.05) is 46.0 Å². The lowest BCUT2D eigenvalue weighted by Gasteiger charge is -2.12. The van der Waals surface area contributed by atoms with Crippen LogP contribution in [0.4, 0.5) is 0 Å². The van der Waals surface area contributed by atoms with E-state index in [1.165, 1.54) is 11.3 Å². The average molecular weight is 420 g/mol. The summed E-state index contributed by atoms with van der Waals surface area (Å²) in [5.74, 6) is 1.47. The zero-order valence-corrected chi connectivity index (χ0v) is 17.1. The molecule has 1 fully saturated rings. The Balaban J connectivity index is 1.48. The maximum atomic E-state index is 12.4. The SMILES string of the molecule is Cc1nnc(SCc2nc(C(=O)N3CCCC3)cs2)n1-c1cccc(Cl)c1. The highest BCUT2D eigenvalue weighted by molar-refractivity contribution is 7.98. The van der Waals surface area contributed by atoms with Crippen LogP contribution in [0.2, 0.25) is 5.02 Å². The van der Waals surface area contributed by atoms with Crippen molar-refractivity contribution in [1.29, 1.82) is 0 Å². The van der Waals surface area contributed by atoms with Crippen molar-refractivity contribution in [2.45, 2.75) is 30.7 Å². The van der Waals surface area contributed by atoms with Crippen LogP contribution in [-0.4, -0.2) is 43.6 Å². The van der Waals surface area contributed by atoms with Gasteiger partial charge in [-0.3, -0.25) is 9.36 Å². The third-order valence-electron chi connectivity index (χ3n) is 4.35. The van der Waals surface area contributed by atoms with Gasteiger partial charge in [-0.2, -0.15) is 0 Å². The summed E-state index contributed by atoms with van der Waals surface area (Å²) in [7, 11) is 0. The summed E-state index contributed by atoms with van der Waals surface area (Å²) >= 11 is 9.18. The molecule has 27 heavy (non-hydrogen) atoms. The zero-order chi connectivity index (χ0) is 18.8. The number of aryl methyl sites for hydroxylation is 1. The number of benzene rings is 1. The van der Waals surface area contributed by atoms with Crippen molar-refractivity contribution < 1.29 is 4.79 Å². The van der Waals surface area contributed by atoms with E-state index in [0.29, 0.717) is 16.5 Å². The molecule has 2 aromatic heterocycles. The van der Waals surface area contributed by atoms with Gasteiger partial charge in [-0.05, 0) is 38.0 Å². The van der Waals surface area contributed by atoms with Crippen molar-refractivity contribution in [2.24, 2.45) is 0 Å². The molecule has 0 radical (unpaired) electrons. The highest BCUT2D eigenvalue weighted by Crippen LogP contribution is 2.27. The number of carbonyl (C=O) groups is 1. The summed E-state index contributed by atoms with van der Waals surface area (Å²) in [4.78, 5) is 18.8. The Morgan fingerprint density at radius 3 is 2.89 bits per heavy atom. The number of amides is 1. The van der Waals surface area contributed by atoms with Gasteiger partial charge in [0.15, 0.2) is 5.16 Å². The largest absolute Gasteiger partial charge is 0.337 e. The monoisotopic (exact) mass is 419 g/mol. The average Bonchev–Trinajstić information content (AvgIpc) is 3.40. The molecule has 3 aromatic rings. The van der Waals surface area contributed by atoms with Gasteiger partial charge in [-0.25, -0.2) is 4.98 Å². The molecule has 0 bridgehead atoms. The highest BCUT2D eigenvalue weighted by atomic mass is 35.5. The predicted octanol–water partition coefficient (Wildman–Crippen LogP) is 4.21. The summed E-state index contributed by atoms with van der Waals surface area (Å²) in [6.45, 7) is 3.58. The van der Waals surface area contributed by atoms with Crippen molar-refractivity contribution in [3.63, 3.8) is 0 Å². The number of thiazole rings is 1. The Hall–Kier alpha value is -1.90. The molecule has 3 heterocycles. The van der Waals surface area contributed by atoms with Gasteiger partial charge in [0.25, 0.3) is 5.91 Å². The first-order chi connectivity index (χ1) is 13.1. The molecule has 1 aliphatic rings. The Kier molecular flexibility index (Phi) is 5.47. The fraction of sp³-hybridized carbons (Fsp3) is 0.333. The number of thioether (sulfide) groups is 1. The van der Waals surface area contributed by atoms with Crippen LogP contribution in [0.15, 0.2) is 34.8 Å². The van der Waals surface area contributed by atoms with E-state index in [1.54, 1.807) is 11.8 Å². The number of aromatic nitrogens is 4. The molecule has 0 saturated carbocycles. The molecule has 1 saturated heterocycles. The van der Waals surface area contributed by atoms with Crippen LogP contribution < -0.4 is 0 Å². The molecule has 0 N–H and O–H groups in total. The third-order valence-corrected chi connectivity index (χ3v) is 6.56. The van der Waals surface area contributed by atoms with Crippen molar-refractivity contribution in [3.8, 4) is 5.69 Å². The van der Waals surface area contributed by atoms with Crippen molar-refractivity contribution >= 4 is 40.6 Å². The highest BCUT2D eigenvalue weighted by Gasteiger charge is 2.22. The number of carbonyl (C=O) groups excluding carboxylic acids is 1.